The Morgan fingerprint density at radius 3 is 1.21 bits per heavy atom. The Bertz CT molecular complexity index is 931. The predicted octanol–water partition coefficient (Wildman–Crippen LogP) is 6.85. The predicted molar refractivity (Wildman–Crippen MR) is 73.0 cm³/mol. The number of benzene rings is 1. The molecular weight excluding hydrogens is 535 g/mol. The van der Waals surface area contributed by atoms with Crippen molar-refractivity contribution in [2.24, 2.45) is 0 Å². The largest absolute Gasteiger partial charge is 0.478 e. The molecule has 1 aromatic carbocycles. The van der Waals surface area contributed by atoms with Crippen LogP contribution in [0.25, 0.3) is 0 Å². The molecule has 19 heteroatoms. The molecule has 0 amide bonds. The molecule has 0 atom stereocenters. The van der Waals surface area contributed by atoms with Crippen LogP contribution in [0.4, 0.5) is 74.6 Å². The van der Waals surface area contributed by atoms with Gasteiger partial charge in [0.15, 0.2) is 0 Å². The Balaban J connectivity index is 3.82. The SMILES string of the molecule is O=C(O)c1ccccc1C(F)(F)C(F)(F)C(F)(F)C(F)(F)C(F)(F)C(F)(F)C(F)(F)C(F)(F)F. The first-order chi connectivity index (χ1) is 14.7. The first-order valence-corrected chi connectivity index (χ1v) is 7.72. The van der Waals surface area contributed by atoms with E-state index in [0.29, 0.717) is 6.07 Å². The summed E-state index contributed by atoms with van der Waals surface area (Å²) in [6.07, 6.45) is -7.84. The van der Waals surface area contributed by atoms with E-state index in [2.05, 4.69) is 0 Å². The minimum absolute atomic E-state index is 0.00455. The van der Waals surface area contributed by atoms with E-state index in [9.17, 15) is 79.4 Å². The lowest BCUT2D eigenvalue weighted by Crippen LogP contribution is -2.74. The van der Waals surface area contributed by atoms with Crippen LogP contribution in [0.2, 0.25) is 0 Å². The summed E-state index contributed by atoms with van der Waals surface area (Å²) in [5.41, 5.74) is -4.76. The second-order valence-corrected chi connectivity index (χ2v) is 6.37. The molecule has 1 rings (SSSR count). The van der Waals surface area contributed by atoms with Crippen molar-refractivity contribution in [1.82, 2.24) is 0 Å². The molecule has 34 heavy (non-hydrogen) atoms. The molecule has 0 unspecified atom stereocenters. The van der Waals surface area contributed by atoms with Crippen molar-refractivity contribution in [3.05, 3.63) is 35.4 Å². The van der Waals surface area contributed by atoms with Gasteiger partial charge in [0.2, 0.25) is 0 Å². The van der Waals surface area contributed by atoms with Crippen molar-refractivity contribution >= 4 is 5.97 Å². The molecule has 0 saturated carbocycles. The number of carbonyl (C=O) groups is 1. The van der Waals surface area contributed by atoms with E-state index < -0.39 is 70.8 Å². The summed E-state index contributed by atoms with van der Waals surface area (Å²) in [7, 11) is 0. The number of alkyl halides is 17. The average molecular weight is 540 g/mol. The maximum absolute atomic E-state index is 14.1. The highest BCUT2D eigenvalue weighted by Gasteiger charge is 2.95. The number of rotatable bonds is 8. The van der Waals surface area contributed by atoms with Gasteiger partial charge in [-0.3, -0.25) is 0 Å². The number of hydrogen-bond donors (Lipinski definition) is 1. The standard InChI is InChI=1S/C15H5F17O2/c16-8(17,6-4-2-1-3-5(6)7(33)34)9(18,19)10(20,21)11(22,23)12(24,25)13(26,27)14(28,29)15(30,31)32/h1-4H,(H,33,34). The Morgan fingerprint density at radius 2 is 0.853 bits per heavy atom. The van der Waals surface area contributed by atoms with Crippen molar-refractivity contribution in [1.29, 1.82) is 0 Å². The normalized spacial score (nSPS) is 15.4. The van der Waals surface area contributed by atoms with Crippen LogP contribution in [0.5, 0.6) is 0 Å². The molecule has 1 aromatic rings. The lowest BCUT2D eigenvalue weighted by molar-refractivity contribution is -0.462. The fraction of sp³-hybridized carbons (Fsp3) is 0.533. The third-order valence-electron chi connectivity index (χ3n) is 4.22. The number of carboxylic acid groups (broad SMARTS) is 1. The third-order valence-corrected chi connectivity index (χ3v) is 4.22. The third kappa shape index (κ3) is 3.61. The van der Waals surface area contributed by atoms with Gasteiger partial charge in [-0.2, -0.15) is 74.6 Å². The molecule has 2 nitrogen and oxygen atoms in total. The molecule has 0 aliphatic heterocycles. The highest BCUT2D eigenvalue weighted by atomic mass is 19.4. The van der Waals surface area contributed by atoms with Gasteiger partial charge in [0.25, 0.3) is 0 Å². The topological polar surface area (TPSA) is 37.3 Å². The molecule has 0 bridgehead atoms. The van der Waals surface area contributed by atoms with Gasteiger partial charge in [-0.1, -0.05) is 18.2 Å². The number of carboxylic acids is 1. The van der Waals surface area contributed by atoms with Crippen molar-refractivity contribution in [3.8, 4) is 0 Å². The minimum Gasteiger partial charge on any atom is -0.478 e. The molecule has 0 aliphatic rings. The van der Waals surface area contributed by atoms with Gasteiger partial charge in [-0.15, -0.1) is 0 Å². The summed E-state index contributed by atoms with van der Waals surface area (Å²) in [5.74, 6) is -60.3. The second kappa shape index (κ2) is 7.76. The van der Waals surface area contributed by atoms with Gasteiger partial charge < -0.3 is 5.11 Å². The molecule has 0 heterocycles. The van der Waals surface area contributed by atoms with Gasteiger partial charge in [-0.05, 0) is 6.07 Å². The summed E-state index contributed by atoms with van der Waals surface area (Å²) in [5, 5.41) is 8.64. The first kappa shape index (κ1) is 29.5. The molecular formula is C15H5F17O2. The molecule has 0 saturated heterocycles. The number of aromatic carboxylic acids is 1. The van der Waals surface area contributed by atoms with E-state index in [4.69, 9.17) is 5.11 Å². The van der Waals surface area contributed by atoms with E-state index in [0.717, 1.165) is 0 Å². The molecule has 0 fully saturated rings. The van der Waals surface area contributed by atoms with E-state index in [1.807, 2.05) is 0 Å². The summed E-state index contributed by atoms with van der Waals surface area (Å²) in [4.78, 5) is 10.8. The van der Waals surface area contributed by atoms with Crippen LogP contribution in [-0.2, 0) is 5.92 Å². The van der Waals surface area contributed by atoms with E-state index in [-0.39, 0.29) is 12.1 Å². The van der Waals surface area contributed by atoms with Crippen LogP contribution in [0, 0.1) is 0 Å². The van der Waals surface area contributed by atoms with Crippen LogP contribution < -0.4 is 0 Å². The van der Waals surface area contributed by atoms with Crippen molar-refractivity contribution in [2.45, 2.75) is 47.6 Å². The van der Waals surface area contributed by atoms with E-state index in [1.54, 1.807) is 0 Å². The monoisotopic (exact) mass is 540 g/mol. The van der Waals surface area contributed by atoms with Crippen LogP contribution in [0.1, 0.15) is 15.9 Å². The van der Waals surface area contributed by atoms with Gasteiger partial charge in [0, 0.05) is 5.56 Å². The molecule has 196 valence electrons. The van der Waals surface area contributed by atoms with Gasteiger partial charge in [0.05, 0.1) is 5.56 Å². The fourth-order valence-electron chi connectivity index (χ4n) is 2.28. The van der Waals surface area contributed by atoms with Crippen LogP contribution in [0.3, 0.4) is 0 Å². The summed E-state index contributed by atoms with van der Waals surface area (Å²) in [6, 6.07) is 0.331. The fourth-order valence-corrected chi connectivity index (χ4v) is 2.28. The molecule has 0 aliphatic carbocycles. The highest BCUT2D eigenvalue weighted by Crippen LogP contribution is 2.65. The number of hydrogen-bond acceptors (Lipinski definition) is 1. The zero-order valence-corrected chi connectivity index (χ0v) is 15.1. The second-order valence-electron chi connectivity index (χ2n) is 6.37. The van der Waals surface area contributed by atoms with Crippen LogP contribution in [0.15, 0.2) is 24.3 Å². The Morgan fingerprint density at radius 1 is 0.529 bits per heavy atom. The zero-order valence-electron chi connectivity index (χ0n) is 15.1. The minimum atomic E-state index is -8.74. The molecule has 1 N–H and O–H groups in total. The van der Waals surface area contributed by atoms with Gasteiger partial charge >= 0.3 is 53.6 Å². The number of halogens is 17. The first-order valence-electron chi connectivity index (χ1n) is 7.72. The summed E-state index contributed by atoms with van der Waals surface area (Å²) < 4.78 is 225. The molecule has 0 aromatic heterocycles. The highest BCUT2D eigenvalue weighted by molar-refractivity contribution is 5.89. The van der Waals surface area contributed by atoms with Crippen molar-refractivity contribution < 1.29 is 84.5 Å². The smallest absolute Gasteiger partial charge is 0.460 e. The van der Waals surface area contributed by atoms with Gasteiger partial charge in [0.1, 0.15) is 0 Å². The Labute approximate surface area is 174 Å². The van der Waals surface area contributed by atoms with E-state index in [1.165, 1.54) is 0 Å². The van der Waals surface area contributed by atoms with E-state index >= 15 is 0 Å². The lowest BCUT2D eigenvalue weighted by atomic mass is 9.86. The van der Waals surface area contributed by atoms with Crippen LogP contribution in [-0.4, -0.2) is 52.8 Å². The maximum atomic E-state index is 14.1. The van der Waals surface area contributed by atoms with Crippen molar-refractivity contribution in [2.75, 3.05) is 0 Å². The maximum Gasteiger partial charge on any atom is 0.460 e. The zero-order chi connectivity index (χ0) is 27.6. The molecule has 0 spiro atoms. The molecule has 0 radical (unpaired) electrons. The van der Waals surface area contributed by atoms with Gasteiger partial charge in [-0.25, -0.2) is 4.79 Å². The van der Waals surface area contributed by atoms with Crippen LogP contribution >= 0.6 is 0 Å². The Kier molecular flexibility index (Phi) is 6.74. The van der Waals surface area contributed by atoms with Crippen molar-refractivity contribution in [3.63, 3.8) is 0 Å². The lowest BCUT2D eigenvalue weighted by Gasteiger charge is -2.43. The average Bonchev–Trinajstić information content (AvgIpc) is 2.65. The Hall–Kier alpha value is -2.50. The summed E-state index contributed by atoms with van der Waals surface area (Å²) >= 11 is 0. The quantitative estimate of drug-likeness (QED) is 0.367. The summed E-state index contributed by atoms with van der Waals surface area (Å²) in [6.45, 7) is 0.